The van der Waals surface area contributed by atoms with Crippen LogP contribution in [0.4, 0.5) is 4.39 Å². The molecule has 1 aromatic rings. The Labute approximate surface area is 138 Å². The molecule has 0 amide bonds. The Kier molecular flexibility index (Phi) is 6.71. The van der Waals surface area contributed by atoms with Crippen LogP contribution in [-0.4, -0.2) is 61.2 Å². The van der Waals surface area contributed by atoms with Gasteiger partial charge in [-0.2, -0.15) is 0 Å². The van der Waals surface area contributed by atoms with Crippen LogP contribution < -0.4 is 0 Å². The lowest BCUT2D eigenvalue weighted by molar-refractivity contribution is 0.182. The van der Waals surface area contributed by atoms with E-state index in [1.807, 2.05) is 6.92 Å². The number of halogens is 1. The van der Waals surface area contributed by atoms with Gasteiger partial charge < -0.3 is 4.90 Å². The second-order valence-electron chi connectivity index (χ2n) is 5.93. The predicted octanol–water partition coefficient (Wildman–Crippen LogP) is 2.84. The molecule has 0 aliphatic carbocycles. The first kappa shape index (κ1) is 17.6. The summed E-state index contributed by atoms with van der Waals surface area (Å²) in [7, 11) is 1.76. The number of hydrogen-bond donors (Lipinski definition) is 0. The molecule has 0 spiro atoms. The van der Waals surface area contributed by atoms with Crippen LogP contribution in [0.5, 0.6) is 0 Å². The molecule has 1 heterocycles. The van der Waals surface area contributed by atoms with Crippen molar-refractivity contribution in [2.24, 2.45) is 9.98 Å². The average molecular weight is 318 g/mol. The third-order valence-electron chi connectivity index (χ3n) is 4.19. The molecule has 0 atom stereocenters. The summed E-state index contributed by atoms with van der Waals surface area (Å²) < 4.78 is 13.0. The molecule has 126 valence electrons. The second kappa shape index (κ2) is 8.77. The molecule has 0 radical (unpaired) electrons. The zero-order valence-corrected chi connectivity index (χ0v) is 14.4. The number of piperazine rings is 1. The maximum absolute atomic E-state index is 13.0. The first-order valence-electron chi connectivity index (χ1n) is 8.35. The lowest BCUT2D eigenvalue weighted by atomic mass is 10.1. The van der Waals surface area contributed by atoms with Gasteiger partial charge >= 0.3 is 0 Å². The van der Waals surface area contributed by atoms with Gasteiger partial charge in [-0.15, -0.1) is 0 Å². The molecule has 23 heavy (non-hydrogen) atoms. The van der Waals surface area contributed by atoms with E-state index in [9.17, 15) is 4.39 Å². The zero-order chi connectivity index (χ0) is 16.7. The van der Waals surface area contributed by atoms with Crippen molar-refractivity contribution in [3.63, 3.8) is 0 Å². The third kappa shape index (κ3) is 5.43. The highest BCUT2D eigenvalue weighted by Gasteiger charge is 2.17. The smallest absolute Gasteiger partial charge is 0.129 e. The molecule has 0 saturated carbocycles. The van der Waals surface area contributed by atoms with Crippen molar-refractivity contribution < 1.29 is 4.39 Å². The van der Waals surface area contributed by atoms with Crippen molar-refractivity contribution in [1.29, 1.82) is 0 Å². The Morgan fingerprint density at radius 2 is 1.78 bits per heavy atom. The summed E-state index contributed by atoms with van der Waals surface area (Å²) >= 11 is 0. The molecule has 0 N–H and O–H groups in total. The van der Waals surface area contributed by atoms with Gasteiger partial charge in [-0.25, -0.2) is 9.38 Å². The van der Waals surface area contributed by atoms with Gasteiger partial charge in [0.25, 0.3) is 0 Å². The molecule has 2 rings (SSSR count). The maximum Gasteiger partial charge on any atom is 0.129 e. The minimum Gasteiger partial charge on any atom is -0.358 e. The van der Waals surface area contributed by atoms with E-state index in [0.717, 1.165) is 43.4 Å². The topological polar surface area (TPSA) is 31.2 Å². The van der Waals surface area contributed by atoms with Gasteiger partial charge in [-0.3, -0.25) is 9.89 Å². The number of hydrogen-bond acceptors (Lipinski definition) is 2. The fourth-order valence-corrected chi connectivity index (χ4v) is 2.82. The standard InChI is InChI=1S/C18H27FN4/c1-4-9-22-10-12-23(13-11-22)15(2)21-18(20-3)14-16-5-7-17(19)8-6-16/h5-8H,4,9-14H2,1-3H3. The van der Waals surface area contributed by atoms with Gasteiger partial charge in [0.2, 0.25) is 0 Å². The van der Waals surface area contributed by atoms with E-state index in [-0.39, 0.29) is 5.82 Å². The second-order valence-corrected chi connectivity index (χ2v) is 5.93. The van der Waals surface area contributed by atoms with E-state index in [1.165, 1.54) is 25.1 Å². The van der Waals surface area contributed by atoms with Gasteiger partial charge in [0.1, 0.15) is 17.5 Å². The van der Waals surface area contributed by atoms with Crippen LogP contribution in [0, 0.1) is 5.82 Å². The van der Waals surface area contributed by atoms with Crippen molar-refractivity contribution in [3.05, 3.63) is 35.6 Å². The van der Waals surface area contributed by atoms with Crippen LogP contribution in [0.15, 0.2) is 34.3 Å². The van der Waals surface area contributed by atoms with Gasteiger partial charge in [0.15, 0.2) is 0 Å². The SMILES string of the molecule is CCCN1CCN(C(C)=NC(Cc2ccc(F)cc2)=NC)CC1. The van der Waals surface area contributed by atoms with Crippen LogP contribution in [0.2, 0.25) is 0 Å². The largest absolute Gasteiger partial charge is 0.358 e. The highest BCUT2D eigenvalue weighted by atomic mass is 19.1. The van der Waals surface area contributed by atoms with Crippen LogP contribution in [0.25, 0.3) is 0 Å². The van der Waals surface area contributed by atoms with E-state index in [2.05, 4.69) is 26.7 Å². The van der Waals surface area contributed by atoms with Gasteiger partial charge in [-0.1, -0.05) is 19.1 Å². The normalized spacial score (nSPS) is 17.7. The number of nitrogens with zero attached hydrogens (tertiary/aromatic N) is 4. The minimum absolute atomic E-state index is 0.214. The highest BCUT2D eigenvalue weighted by Crippen LogP contribution is 2.07. The molecular weight excluding hydrogens is 291 g/mol. The molecule has 1 fully saturated rings. The molecule has 0 bridgehead atoms. The summed E-state index contributed by atoms with van der Waals surface area (Å²) in [5.41, 5.74) is 1.02. The molecule has 1 aliphatic rings. The van der Waals surface area contributed by atoms with Crippen molar-refractivity contribution in [2.75, 3.05) is 39.8 Å². The van der Waals surface area contributed by atoms with Gasteiger partial charge in [0.05, 0.1) is 0 Å². The quantitative estimate of drug-likeness (QED) is 0.631. The first-order valence-corrected chi connectivity index (χ1v) is 8.35. The molecule has 1 aromatic carbocycles. The Bertz CT molecular complexity index is 543. The lowest BCUT2D eigenvalue weighted by Crippen LogP contribution is -2.48. The first-order chi connectivity index (χ1) is 11.1. The Balaban J connectivity index is 1.94. The zero-order valence-electron chi connectivity index (χ0n) is 14.4. The van der Waals surface area contributed by atoms with Crippen molar-refractivity contribution in [3.8, 4) is 0 Å². The maximum atomic E-state index is 13.0. The fraction of sp³-hybridized carbons (Fsp3) is 0.556. The van der Waals surface area contributed by atoms with Crippen LogP contribution >= 0.6 is 0 Å². The average Bonchev–Trinajstić information content (AvgIpc) is 2.57. The van der Waals surface area contributed by atoms with E-state index in [4.69, 9.17) is 0 Å². The predicted molar refractivity (Wildman–Crippen MR) is 94.9 cm³/mol. The van der Waals surface area contributed by atoms with Crippen LogP contribution in [0.1, 0.15) is 25.8 Å². The fourth-order valence-electron chi connectivity index (χ4n) is 2.82. The molecule has 4 nitrogen and oxygen atoms in total. The number of aliphatic imine (C=N–C) groups is 2. The summed E-state index contributed by atoms with van der Waals surface area (Å²) in [6, 6.07) is 6.53. The van der Waals surface area contributed by atoms with Crippen LogP contribution in [0.3, 0.4) is 0 Å². The molecule has 0 aromatic heterocycles. The highest BCUT2D eigenvalue weighted by molar-refractivity contribution is 5.96. The minimum atomic E-state index is -0.214. The monoisotopic (exact) mass is 318 g/mol. The van der Waals surface area contributed by atoms with Crippen LogP contribution in [-0.2, 0) is 6.42 Å². The Morgan fingerprint density at radius 1 is 1.13 bits per heavy atom. The lowest BCUT2D eigenvalue weighted by Gasteiger charge is -2.35. The van der Waals surface area contributed by atoms with E-state index >= 15 is 0 Å². The number of amidine groups is 2. The summed E-state index contributed by atoms with van der Waals surface area (Å²) in [5, 5.41) is 0. The molecule has 0 unspecified atom stereocenters. The molecule has 5 heteroatoms. The Morgan fingerprint density at radius 3 is 2.35 bits per heavy atom. The van der Waals surface area contributed by atoms with E-state index < -0.39 is 0 Å². The van der Waals surface area contributed by atoms with Crippen molar-refractivity contribution in [1.82, 2.24) is 9.80 Å². The summed E-state index contributed by atoms with van der Waals surface area (Å²) in [5.74, 6) is 1.59. The Hall–Kier alpha value is -1.75. The van der Waals surface area contributed by atoms with Gasteiger partial charge in [0, 0.05) is 39.6 Å². The molecule has 1 aliphatic heterocycles. The molecular formula is C18H27FN4. The van der Waals surface area contributed by atoms with Crippen molar-refractivity contribution >= 4 is 11.7 Å². The summed E-state index contributed by atoms with van der Waals surface area (Å²) in [6.45, 7) is 9.67. The van der Waals surface area contributed by atoms with Crippen molar-refractivity contribution in [2.45, 2.75) is 26.7 Å². The molecule has 1 saturated heterocycles. The van der Waals surface area contributed by atoms with Gasteiger partial charge in [-0.05, 0) is 37.6 Å². The third-order valence-corrected chi connectivity index (χ3v) is 4.19. The van der Waals surface area contributed by atoms with E-state index in [0.29, 0.717) is 6.42 Å². The van der Waals surface area contributed by atoms with E-state index in [1.54, 1.807) is 19.2 Å². The number of benzene rings is 1. The summed E-state index contributed by atoms with van der Waals surface area (Å²) in [4.78, 5) is 13.8. The number of rotatable bonds is 4. The summed E-state index contributed by atoms with van der Waals surface area (Å²) in [6.07, 6.45) is 1.83.